The third-order valence-corrected chi connectivity index (χ3v) is 6.47. The molecule has 7 nitrogen and oxygen atoms in total. The van der Waals surface area contributed by atoms with E-state index in [2.05, 4.69) is 45.2 Å². The number of hydrogen-bond donors (Lipinski definition) is 1. The van der Waals surface area contributed by atoms with Crippen LogP contribution < -0.4 is 10.1 Å². The van der Waals surface area contributed by atoms with Crippen molar-refractivity contribution in [2.75, 3.05) is 33.1 Å². The molecule has 1 atom stereocenters. The van der Waals surface area contributed by atoms with Gasteiger partial charge in [0.1, 0.15) is 11.6 Å². The molecule has 1 amide bonds. The number of carbonyl (C=O) groups is 1. The Kier molecular flexibility index (Phi) is 10.0. The fraction of sp³-hybridized carbons (Fsp3) is 0.480. The number of ether oxygens (including phenoxy) is 2. The van der Waals surface area contributed by atoms with Crippen molar-refractivity contribution in [1.82, 2.24) is 20.1 Å². The number of nitrogens with one attached hydrogen (secondary N) is 1. The van der Waals surface area contributed by atoms with Gasteiger partial charge in [-0.2, -0.15) is 0 Å². The number of methoxy groups -OCH3 is 2. The molecule has 0 saturated heterocycles. The average Bonchev–Trinajstić information content (AvgIpc) is 3.23. The van der Waals surface area contributed by atoms with E-state index >= 15 is 0 Å². The number of nitrogens with zero attached hydrogens (tertiary/aromatic N) is 3. The average molecular weight is 471 g/mol. The van der Waals surface area contributed by atoms with E-state index in [0.29, 0.717) is 25.5 Å². The number of unbranched alkanes of at least 4 members (excludes halogenated alkanes) is 1. The second-order valence-corrected chi connectivity index (χ2v) is 9.11. The largest absolute Gasteiger partial charge is 0.497 e. The van der Waals surface area contributed by atoms with Crippen molar-refractivity contribution in [3.8, 4) is 11.4 Å². The number of allylic oxidation sites excluding steroid dienone is 3. The zero-order valence-electron chi connectivity index (χ0n) is 19.8. The van der Waals surface area contributed by atoms with Gasteiger partial charge in [-0.1, -0.05) is 48.6 Å². The summed E-state index contributed by atoms with van der Waals surface area (Å²) in [5.74, 6) is 3.21. The molecule has 1 aromatic carbocycles. The molecule has 0 bridgehead atoms. The highest BCUT2D eigenvalue weighted by Crippen LogP contribution is 2.29. The maximum absolute atomic E-state index is 11.9. The molecule has 33 heavy (non-hydrogen) atoms. The molecule has 1 aliphatic rings. The van der Waals surface area contributed by atoms with Gasteiger partial charge >= 0.3 is 0 Å². The highest BCUT2D eigenvalue weighted by molar-refractivity contribution is 7.99. The molecule has 2 aromatic rings. The molecule has 0 radical (unpaired) electrons. The molecule has 0 fully saturated rings. The van der Waals surface area contributed by atoms with Crippen LogP contribution in [0.25, 0.3) is 5.69 Å². The fourth-order valence-corrected chi connectivity index (χ4v) is 4.68. The third kappa shape index (κ3) is 7.75. The van der Waals surface area contributed by atoms with Crippen molar-refractivity contribution in [3.63, 3.8) is 0 Å². The lowest BCUT2D eigenvalue weighted by atomic mass is 9.97. The first-order valence-electron chi connectivity index (χ1n) is 11.4. The molecule has 0 spiro atoms. The van der Waals surface area contributed by atoms with Gasteiger partial charge in [-0.05, 0) is 37.3 Å². The molecular formula is C25H34N4O3S. The SMILES string of the molecule is COCCNC(=O)CCCCc1nnc(SCC2=CC=CC(C)C2)n1-c1cccc(OC)c1. The van der Waals surface area contributed by atoms with Crippen LogP contribution in [0.3, 0.4) is 0 Å². The van der Waals surface area contributed by atoms with Gasteiger partial charge in [-0.15, -0.1) is 10.2 Å². The summed E-state index contributed by atoms with van der Waals surface area (Å²) in [5, 5.41) is 12.8. The molecule has 8 heteroatoms. The second kappa shape index (κ2) is 13.2. The zero-order valence-corrected chi connectivity index (χ0v) is 20.6. The Bertz CT molecular complexity index is 970. The molecule has 1 aliphatic carbocycles. The quantitative estimate of drug-likeness (QED) is 0.346. The van der Waals surface area contributed by atoms with Crippen molar-refractivity contribution in [2.45, 2.75) is 44.2 Å². The first-order valence-corrected chi connectivity index (χ1v) is 12.4. The number of rotatable bonds is 13. The van der Waals surface area contributed by atoms with Crippen LogP contribution in [0.4, 0.5) is 0 Å². The van der Waals surface area contributed by atoms with Gasteiger partial charge in [0.15, 0.2) is 5.16 Å². The highest BCUT2D eigenvalue weighted by Gasteiger charge is 2.16. The van der Waals surface area contributed by atoms with Crippen LogP contribution >= 0.6 is 11.8 Å². The molecular weight excluding hydrogens is 436 g/mol. The molecule has 1 unspecified atom stereocenters. The summed E-state index contributed by atoms with van der Waals surface area (Å²) in [5.41, 5.74) is 2.40. The summed E-state index contributed by atoms with van der Waals surface area (Å²) in [6.07, 6.45) is 10.6. The molecule has 1 aromatic heterocycles. The Morgan fingerprint density at radius 3 is 2.94 bits per heavy atom. The van der Waals surface area contributed by atoms with Crippen LogP contribution in [0.5, 0.6) is 5.75 Å². The molecule has 1 heterocycles. The van der Waals surface area contributed by atoms with Gasteiger partial charge in [0.05, 0.1) is 19.4 Å². The lowest BCUT2D eigenvalue weighted by molar-refractivity contribution is -0.121. The van der Waals surface area contributed by atoms with Gasteiger partial charge < -0.3 is 14.8 Å². The lowest BCUT2D eigenvalue weighted by Gasteiger charge is -2.15. The predicted octanol–water partition coefficient (Wildman–Crippen LogP) is 4.37. The van der Waals surface area contributed by atoms with Crippen LogP contribution in [-0.2, 0) is 16.0 Å². The van der Waals surface area contributed by atoms with Crippen LogP contribution in [-0.4, -0.2) is 53.8 Å². The summed E-state index contributed by atoms with van der Waals surface area (Å²) in [6.45, 7) is 3.32. The first-order chi connectivity index (χ1) is 16.1. The summed E-state index contributed by atoms with van der Waals surface area (Å²) in [7, 11) is 3.30. The minimum atomic E-state index is 0.0570. The van der Waals surface area contributed by atoms with Gasteiger partial charge in [0.25, 0.3) is 0 Å². The Labute approximate surface area is 200 Å². The Morgan fingerprint density at radius 1 is 1.27 bits per heavy atom. The van der Waals surface area contributed by atoms with Crippen molar-refractivity contribution < 1.29 is 14.3 Å². The smallest absolute Gasteiger partial charge is 0.220 e. The fourth-order valence-electron chi connectivity index (χ4n) is 3.71. The number of hydrogen-bond acceptors (Lipinski definition) is 6. The van der Waals surface area contributed by atoms with Gasteiger partial charge in [-0.3, -0.25) is 9.36 Å². The van der Waals surface area contributed by atoms with E-state index in [-0.39, 0.29) is 5.91 Å². The minimum Gasteiger partial charge on any atom is -0.497 e. The monoisotopic (exact) mass is 470 g/mol. The van der Waals surface area contributed by atoms with Crippen molar-refractivity contribution >= 4 is 17.7 Å². The number of amides is 1. The molecule has 1 N–H and O–H groups in total. The predicted molar refractivity (Wildman–Crippen MR) is 132 cm³/mol. The van der Waals surface area contributed by atoms with Gasteiger partial charge in [0, 0.05) is 38.3 Å². The van der Waals surface area contributed by atoms with E-state index in [9.17, 15) is 4.79 Å². The van der Waals surface area contributed by atoms with Crippen molar-refractivity contribution in [2.24, 2.45) is 5.92 Å². The third-order valence-electron chi connectivity index (χ3n) is 5.44. The van der Waals surface area contributed by atoms with E-state index in [1.807, 2.05) is 24.3 Å². The van der Waals surface area contributed by atoms with Crippen molar-refractivity contribution in [3.05, 3.63) is 53.9 Å². The summed E-state index contributed by atoms with van der Waals surface area (Å²) < 4.78 is 12.5. The lowest BCUT2D eigenvalue weighted by Crippen LogP contribution is -2.26. The maximum atomic E-state index is 11.9. The van der Waals surface area contributed by atoms with Crippen LogP contribution in [0.15, 0.2) is 53.2 Å². The van der Waals surface area contributed by atoms with E-state index in [1.54, 1.807) is 26.0 Å². The number of carbonyl (C=O) groups excluding carboxylic acids is 1. The molecule has 178 valence electrons. The van der Waals surface area contributed by atoms with Gasteiger partial charge in [-0.25, -0.2) is 0 Å². The minimum absolute atomic E-state index is 0.0570. The molecule has 3 rings (SSSR count). The number of thioether (sulfide) groups is 1. The molecule has 0 saturated carbocycles. The Hall–Kier alpha value is -2.58. The standard InChI is InChI=1S/C25H34N4O3S/c1-19-8-6-9-20(16-19)18-33-25-28-27-23(12-4-5-13-24(30)26-14-15-31-2)29(25)21-10-7-11-22(17-21)32-3/h6-11,17,19H,4-5,12-16,18H2,1-3H3,(H,26,30). The second-order valence-electron chi connectivity index (χ2n) is 8.17. The van der Waals surface area contributed by atoms with E-state index in [4.69, 9.17) is 9.47 Å². The highest BCUT2D eigenvalue weighted by atomic mass is 32.2. The summed E-state index contributed by atoms with van der Waals surface area (Å²) in [4.78, 5) is 11.9. The van der Waals surface area contributed by atoms with Crippen LogP contribution in [0.1, 0.15) is 38.4 Å². The Balaban J connectivity index is 1.67. The van der Waals surface area contributed by atoms with E-state index in [1.165, 1.54) is 5.57 Å². The number of benzene rings is 1. The zero-order chi connectivity index (χ0) is 23.5. The normalized spacial score (nSPS) is 15.4. The first kappa shape index (κ1) is 25.1. The number of aryl methyl sites for hydroxylation is 1. The van der Waals surface area contributed by atoms with Crippen LogP contribution in [0, 0.1) is 5.92 Å². The maximum Gasteiger partial charge on any atom is 0.220 e. The van der Waals surface area contributed by atoms with Crippen LogP contribution in [0.2, 0.25) is 0 Å². The van der Waals surface area contributed by atoms with Crippen molar-refractivity contribution in [1.29, 1.82) is 0 Å². The van der Waals surface area contributed by atoms with Gasteiger partial charge in [0.2, 0.25) is 5.91 Å². The Morgan fingerprint density at radius 2 is 2.15 bits per heavy atom. The summed E-state index contributed by atoms with van der Waals surface area (Å²) in [6, 6.07) is 7.97. The van der Waals surface area contributed by atoms with E-state index in [0.717, 1.165) is 53.9 Å². The van der Waals surface area contributed by atoms with E-state index < -0.39 is 0 Å². The molecule has 0 aliphatic heterocycles. The summed E-state index contributed by atoms with van der Waals surface area (Å²) >= 11 is 1.71. The topological polar surface area (TPSA) is 78.3 Å². The number of aromatic nitrogens is 3.